The molecule has 90 valence electrons. The van der Waals surface area contributed by atoms with Crippen LogP contribution in [0.2, 0.25) is 0 Å². The Morgan fingerprint density at radius 2 is 2.00 bits per heavy atom. The summed E-state index contributed by atoms with van der Waals surface area (Å²) in [7, 11) is 1.62. The highest BCUT2D eigenvalue weighted by atomic mass is 16.5. The third kappa shape index (κ3) is 3.07. The predicted molar refractivity (Wildman–Crippen MR) is 64.7 cm³/mol. The van der Waals surface area contributed by atoms with Crippen molar-refractivity contribution in [3.8, 4) is 5.88 Å². The number of benzene rings is 1. The molecule has 4 heteroatoms. The maximum Gasteiger partial charge on any atom is 0.235 e. The zero-order valence-corrected chi connectivity index (χ0v) is 10.1. The Kier molecular flexibility index (Phi) is 3.77. The number of rotatable bonds is 5. The first-order valence-corrected chi connectivity index (χ1v) is 5.49. The molecular weight excluding hydrogens is 216 g/mol. The van der Waals surface area contributed by atoms with E-state index in [-0.39, 0.29) is 0 Å². The first kappa shape index (κ1) is 11.7. The zero-order valence-electron chi connectivity index (χ0n) is 10.1. The fourth-order valence-corrected chi connectivity index (χ4v) is 1.60. The highest BCUT2D eigenvalue weighted by molar-refractivity contribution is 5.20. The van der Waals surface area contributed by atoms with Gasteiger partial charge in [-0.15, -0.1) is 5.10 Å². The molecule has 0 fully saturated rings. The van der Waals surface area contributed by atoms with Gasteiger partial charge in [-0.2, -0.15) is 0 Å². The van der Waals surface area contributed by atoms with Crippen LogP contribution in [0.25, 0.3) is 0 Å². The summed E-state index contributed by atoms with van der Waals surface area (Å²) < 4.78 is 12.4. The summed E-state index contributed by atoms with van der Waals surface area (Å²) >= 11 is 0. The molecule has 2 rings (SSSR count). The van der Waals surface area contributed by atoms with Gasteiger partial charge in [-0.25, -0.2) is 4.68 Å². The molecule has 1 aromatic heterocycles. The Hall–Kier alpha value is -1.81. The monoisotopic (exact) mass is 232 g/mol. The van der Waals surface area contributed by atoms with Crippen LogP contribution in [-0.2, 0) is 18.1 Å². The number of hydrogen-bond donors (Lipinski definition) is 0. The molecule has 17 heavy (non-hydrogen) atoms. The van der Waals surface area contributed by atoms with E-state index in [9.17, 15) is 0 Å². The predicted octanol–water partition coefficient (Wildman–Crippen LogP) is 2.37. The van der Waals surface area contributed by atoms with Gasteiger partial charge in [0.1, 0.15) is 6.73 Å². The Balaban J connectivity index is 1.86. The number of methoxy groups -OCH3 is 1. The molecule has 1 heterocycles. The third-order valence-electron chi connectivity index (χ3n) is 2.43. The van der Waals surface area contributed by atoms with E-state index >= 15 is 0 Å². The minimum atomic E-state index is 0.430. The van der Waals surface area contributed by atoms with E-state index in [1.54, 1.807) is 11.8 Å². The average molecular weight is 232 g/mol. The van der Waals surface area contributed by atoms with Gasteiger partial charge in [0.25, 0.3) is 0 Å². The molecule has 0 radical (unpaired) electrons. The van der Waals surface area contributed by atoms with E-state index in [1.807, 2.05) is 43.5 Å². The summed E-state index contributed by atoms with van der Waals surface area (Å²) in [5, 5.41) is 4.23. The second-order valence-corrected chi connectivity index (χ2v) is 3.82. The Labute approximate surface area is 101 Å². The number of aromatic nitrogens is 2. The van der Waals surface area contributed by atoms with Crippen LogP contribution >= 0.6 is 0 Å². The third-order valence-corrected chi connectivity index (χ3v) is 2.43. The van der Waals surface area contributed by atoms with Crippen molar-refractivity contribution in [2.45, 2.75) is 20.3 Å². The summed E-state index contributed by atoms with van der Waals surface area (Å²) in [6.07, 6.45) is 1.91. The quantitative estimate of drug-likeness (QED) is 0.794. The smallest absolute Gasteiger partial charge is 0.235 e. The summed E-state index contributed by atoms with van der Waals surface area (Å²) in [6.45, 7) is 2.97. The van der Waals surface area contributed by atoms with Crippen molar-refractivity contribution >= 4 is 0 Å². The Morgan fingerprint density at radius 1 is 1.24 bits per heavy atom. The van der Waals surface area contributed by atoms with Crippen LogP contribution in [0.5, 0.6) is 5.88 Å². The number of aryl methyl sites for hydroxylation is 1. The SMILES string of the molecule is COc1nn(COCc2ccccc2)cc1C. The lowest BCUT2D eigenvalue weighted by Crippen LogP contribution is -2.03. The molecule has 1 aromatic carbocycles. The topological polar surface area (TPSA) is 36.3 Å². The van der Waals surface area contributed by atoms with Crippen LogP contribution in [0.15, 0.2) is 36.5 Å². The average Bonchev–Trinajstić information content (AvgIpc) is 2.71. The fraction of sp³-hybridized carbons (Fsp3) is 0.308. The number of ether oxygens (including phenoxy) is 2. The highest BCUT2D eigenvalue weighted by Gasteiger charge is 2.03. The minimum absolute atomic E-state index is 0.430. The Bertz CT molecular complexity index is 466. The number of hydrogen-bond acceptors (Lipinski definition) is 3. The van der Waals surface area contributed by atoms with Crippen molar-refractivity contribution in [2.24, 2.45) is 0 Å². The van der Waals surface area contributed by atoms with Gasteiger partial charge in [-0.05, 0) is 12.5 Å². The second kappa shape index (κ2) is 5.50. The van der Waals surface area contributed by atoms with Crippen LogP contribution in [0.1, 0.15) is 11.1 Å². The van der Waals surface area contributed by atoms with Gasteiger partial charge in [-0.1, -0.05) is 30.3 Å². The van der Waals surface area contributed by atoms with Gasteiger partial charge in [0, 0.05) is 11.8 Å². The molecule has 0 aliphatic rings. The van der Waals surface area contributed by atoms with Crippen molar-refractivity contribution in [1.82, 2.24) is 9.78 Å². The normalized spacial score (nSPS) is 10.5. The maximum atomic E-state index is 5.56. The molecule has 0 atom stereocenters. The van der Waals surface area contributed by atoms with Crippen LogP contribution in [-0.4, -0.2) is 16.9 Å². The van der Waals surface area contributed by atoms with E-state index < -0.39 is 0 Å². The van der Waals surface area contributed by atoms with Crippen LogP contribution < -0.4 is 4.74 Å². The van der Waals surface area contributed by atoms with Crippen molar-refractivity contribution in [3.05, 3.63) is 47.7 Å². The van der Waals surface area contributed by atoms with E-state index in [0.717, 1.165) is 11.1 Å². The molecule has 0 spiro atoms. The molecular formula is C13H16N2O2. The highest BCUT2D eigenvalue weighted by Crippen LogP contribution is 2.13. The minimum Gasteiger partial charge on any atom is -0.480 e. The van der Waals surface area contributed by atoms with Gasteiger partial charge in [0.15, 0.2) is 0 Å². The van der Waals surface area contributed by atoms with Crippen LogP contribution in [0.4, 0.5) is 0 Å². The molecule has 0 N–H and O–H groups in total. The van der Waals surface area contributed by atoms with Crippen molar-refractivity contribution in [1.29, 1.82) is 0 Å². The van der Waals surface area contributed by atoms with Crippen LogP contribution in [0.3, 0.4) is 0 Å². The fourth-order valence-electron chi connectivity index (χ4n) is 1.60. The van der Waals surface area contributed by atoms with E-state index in [4.69, 9.17) is 9.47 Å². The molecule has 0 amide bonds. The maximum absolute atomic E-state index is 5.56. The van der Waals surface area contributed by atoms with Crippen molar-refractivity contribution in [2.75, 3.05) is 7.11 Å². The summed E-state index contributed by atoms with van der Waals surface area (Å²) in [5.41, 5.74) is 2.17. The molecule has 0 unspecified atom stereocenters. The van der Waals surface area contributed by atoms with Gasteiger partial charge in [-0.3, -0.25) is 0 Å². The molecule has 0 aliphatic heterocycles. The van der Waals surface area contributed by atoms with E-state index in [0.29, 0.717) is 19.2 Å². The first-order valence-electron chi connectivity index (χ1n) is 5.49. The summed E-state index contributed by atoms with van der Waals surface area (Å²) in [4.78, 5) is 0. The lowest BCUT2D eigenvalue weighted by atomic mass is 10.2. The first-order chi connectivity index (χ1) is 8.29. The zero-order chi connectivity index (χ0) is 12.1. The standard InChI is InChI=1S/C13H16N2O2/c1-11-8-15(14-13(11)16-2)10-17-9-12-6-4-3-5-7-12/h3-8H,9-10H2,1-2H3. The van der Waals surface area contributed by atoms with Gasteiger partial charge >= 0.3 is 0 Å². The van der Waals surface area contributed by atoms with Crippen molar-refractivity contribution < 1.29 is 9.47 Å². The van der Waals surface area contributed by atoms with Gasteiger partial charge < -0.3 is 9.47 Å². The summed E-state index contributed by atoms with van der Waals surface area (Å²) in [6, 6.07) is 10.1. The van der Waals surface area contributed by atoms with Crippen molar-refractivity contribution in [3.63, 3.8) is 0 Å². The second-order valence-electron chi connectivity index (χ2n) is 3.82. The molecule has 0 saturated carbocycles. The molecule has 4 nitrogen and oxygen atoms in total. The van der Waals surface area contributed by atoms with Gasteiger partial charge in [0.2, 0.25) is 5.88 Å². The summed E-state index contributed by atoms with van der Waals surface area (Å²) in [5.74, 6) is 0.647. The van der Waals surface area contributed by atoms with E-state index in [1.165, 1.54) is 0 Å². The lowest BCUT2D eigenvalue weighted by molar-refractivity contribution is 0.0554. The van der Waals surface area contributed by atoms with Gasteiger partial charge in [0.05, 0.1) is 13.7 Å². The lowest BCUT2D eigenvalue weighted by Gasteiger charge is -2.04. The Morgan fingerprint density at radius 3 is 2.65 bits per heavy atom. The molecule has 0 bridgehead atoms. The largest absolute Gasteiger partial charge is 0.480 e. The van der Waals surface area contributed by atoms with E-state index in [2.05, 4.69) is 5.10 Å². The number of nitrogens with zero attached hydrogens (tertiary/aromatic N) is 2. The molecule has 0 aliphatic carbocycles. The van der Waals surface area contributed by atoms with Crippen LogP contribution in [0, 0.1) is 6.92 Å². The molecule has 0 saturated heterocycles. The molecule has 2 aromatic rings.